The summed E-state index contributed by atoms with van der Waals surface area (Å²) in [4.78, 5) is 32.9. The molecular formula is C27H33N3O3. The predicted octanol–water partition coefficient (Wildman–Crippen LogP) is 3.77. The van der Waals surface area contributed by atoms with Crippen molar-refractivity contribution < 1.29 is 14.3 Å². The van der Waals surface area contributed by atoms with Crippen LogP contribution in [-0.2, 0) is 20.7 Å². The number of aromatic nitrogens is 1. The summed E-state index contributed by atoms with van der Waals surface area (Å²) in [6, 6.07) is 11.9. The van der Waals surface area contributed by atoms with E-state index in [1.165, 1.54) is 6.42 Å². The van der Waals surface area contributed by atoms with E-state index in [4.69, 9.17) is 4.74 Å². The summed E-state index contributed by atoms with van der Waals surface area (Å²) in [6.07, 6.45) is 10.9. The van der Waals surface area contributed by atoms with E-state index < -0.39 is 5.60 Å². The fraction of sp³-hybridized carbons (Fsp3) is 0.444. The number of hydrogen-bond acceptors (Lipinski definition) is 4. The Morgan fingerprint density at radius 1 is 1.18 bits per heavy atom. The van der Waals surface area contributed by atoms with E-state index in [1.807, 2.05) is 47.5 Å². The zero-order valence-corrected chi connectivity index (χ0v) is 19.2. The molecule has 6 nitrogen and oxygen atoms in total. The first-order valence-electron chi connectivity index (χ1n) is 11.9. The molecule has 0 bridgehead atoms. The van der Waals surface area contributed by atoms with Crippen molar-refractivity contribution in [3.05, 3.63) is 67.0 Å². The van der Waals surface area contributed by atoms with Crippen molar-refractivity contribution in [2.45, 2.75) is 44.1 Å². The minimum Gasteiger partial charge on any atom is -0.361 e. The van der Waals surface area contributed by atoms with Gasteiger partial charge >= 0.3 is 0 Å². The van der Waals surface area contributed by atoms with Crippen LogP contribution in [0, 0.1) is 5.92 Å². The lowest BCUT2D eigenvalue weighted by Gasteiger charge is -2.43. The highest BCUT2D eigenvalue weighted by molar-refractivity contribution is 5.88. The SMILES string of the molecule is C=CCNC(=O)[C@]1(Cc2ccccc2-c2cccnc2)CN(C(=O)C2CCCCC2)CCO1. The Bertz CT molecular complexity index is 972. The van der Waals surface area contributed by atoms with Crippen LogP contribution in [0.15, 0.2) is 61.4 Å². The van der Waals surface area contributed by atoms with Gasteiger partial charge < -0.3 is 15.0 Å². The van der Waals surface area contributed by atoms with Crippen LogP contribution in [0.2, 0.25) is 0 Å². The van der Waals surface area contributed by atoms with E-state index in [2.05, 4.69) is 16.9 Å². The maximum atomic E-state index is 13.4. The van der Waals surface area contributed by atoms with Gasteiger partial charge in [-0.3, -0.25) is 14.6 Å². The molecule has 6 heteroatoms. The molecule has 2 amide bonds. The maximum Gasteiger partial charge on any atom is 0.254 e. The highest BCUT2D eigenvalue weighted by atomic mass is 16.5. The van der Waals surface area contributed by atoms with Crippen molar-refractivity contribution in [3.8, 4) is 11.1 Å². The molecule has 1 aromatic heterocycles. The first kappa shape index (κ1) is 23.2. The van der Waals surface area contributed by atoms with Gasteiger partial charge in [-0.1, -0.05) is 55.7 Å². The lowest BCUT2D eigenvalue weighted by atomic mass is 9.85. The third-order valence-corrected chi connectivity index (χ3v) is 6.74. The Labute approximate surface area is 196 Å². The molecule has 33 heavy (non-hydrogen) atoms. The summed E-state index contributed by atoms with van der Waals surface area (Å²) >= 11 is 0. The molecule has 1 aromatic carbocycles. The predicted molar refractivity (Wildman–Crippen MR) is 128 cm³/mol. The molecule has 2 aromatic rings. The van der Waals surface area contributed by atoms with Crippen LogP contribution in [0.5, 0.6) is 0 Å². The highest BCUT2D eigenvalue weighted by Crippen LogP contribution is 2.32. The number of hydrogen-bond donors (Lipinski definition) is 1. The molecule has 2 heterocycles. The summed E-state index contributed by atoms with van der Waals surface area (Å²) in [5.74, 6) is 0.0254. The molecule has 1 saturated carbocycles. The van der Waals surface area contributed by atoms with Crippen molar-refractivity contribution in [2.75, 3.05) is 26.2 Å². The van der Waals surface area contributed by atoms with Crippen LogP contribution in [0.3, 0.4) is 0 Å². The number of amides is 2. The van der Waals surface area contributed by atoms with Gasteiger partial charge in [-0.2, -0.15) is 0 Å². The molecular weight excluding hydrogens is 414 g/mol. The highest BCUT2D eigenvalue weighted by Gasteiger charge is 2.46. The van der Waals surface area contributed by atoms with Crippen LogP contribution >= 0.6 is 0 Å². The molecule has 0 spiro atoms. The number of rotatable bonds is 7. The second-order valence-corrected chi connectivity index (χ2v) is 9.01. The fourth-order valence-corrected chi connectivity index (χ4v) is 5.02. The zero-order valence-electron chi connectivity index (χ0n) is 19.2. The normalized spacial score (nSPS) is 21.4. The molecule has 1 N–H and O–H groups in total. The first-order chi connectivity index (χ1) is 16.1. The minimum absolute atomic E-state index is 0.0634. The Morgan fingerprint density at radius 3 is 2.76 bits per heavy atom. The largest absolute Gasteiger partial charge is 0.361 e. The van der Waals surface area contributed by atoms with Gasteiger partial charge in [0.2, 0.25) is 5.91 Å². The lowest BCUT2D eigenvalue weighted by Crippen LogP contribution is -2.62. The van der Waals surface area contributed by atoms with Gasteiger partial charge in [0.25, 0.3) is 5.91 Å². The fourth-order valence-electron chi connectivity index (χ4n) is 5.02. The van der Waals surface area contributed by atoms with Crippen molar-refractivity contribution in [3.63, 3.8) is 0 Å². The van der Waals surface area contributed by atoms with E-state index in [-0.39, 0.29) is 24.3 Å². The molecule has 1 aliphatic carbocycles. The standard InChI is InChI=1S/C27H33N3O3/c1-2-14-29-26(32)27(18-22-11-6-7-13-24(22)23-12-8-15-28-19-23)20-30(16-17-33-27)25(31)21-9-4-3-5-10-21/h2,6-8,11-13,15,19,21H,1,3-5,9-10,14,16-18,20H2,(H,29,32)/t27-/m0/s1. The average molecular weight is 448 g/mol. The summed E-state index contributed by atoms with van der Waals surface area (Å²) in [5.41, 5.74) is 1.84. The molecule has 1 aliphatic heterocycles. The van der Waals surface area contributed by atoms with E-state index in [0.29, 0.717) is 26.1 Å². The lowest BCUT2D eigenvalue weighted by molar-refractivity contribution is -0.168. The van der Waals surface area contributed by atoms with Gasteiger partial charge in [-0.25, -0.2) is 0 Å². The topological polar surface area (TPSA) is 71.5 Å². The third-order valence-electron chi connectivity index (χ3n) is 6.74. The van der Waals surface area contributed by atoms with Crippen molar-refractivity contribution in [2.24, 2.45) is 5.92 Å². The summed E-state index contributed by atoms with van der Waals surface area (Å²) in [6.45, 7) is 5.19. The number of nitrogens with zero attached hydrogens (tertiary/aromatic N) is 2. The molecule has 174 valence electrons. The molecule has 2 aliphatic rings. The third kappa shape index (κ3) is 5.33. The second-order valence-electron chi connectivity index (χ2n) is 9.01. The van der Waals surface area contributed by atoms with Crippen molar-refractivity contribution >= 4 is 11.8 Å². The molecule has 1 atom stereocenters. The minimum atomic E-state index is -1.15. The quantitative estimate of drug-likeness (QED) is 0.656. The molecule has 4 rings (SSSR count). The Kier molecular flexibility index (Phi) is 7.55. The Morgan fingerprint density at radius 2 is 2.00 bits per heavy atom. The van der Waals surface area contributed by atoms with E-state index >= 15 is 0 Å². The van der Waals surface area contributed by atoms with E-state index in [0.717, 1.165) is 42.4 Å². The number of carbonyl (C=O) groups excluding carboxylic acids is 2. The number of carbonyl (C=O) groups is 2. The zero-order chi connectivity index (χ0) is 23.1. The summed E-state index contributed by atoms with van der Waals surface area (Å²) in [7, 11) is 0. The van der Waals surface area contributed by atoms with Crippen LogP contribution in [-0.4, -0.2) is 53.5 Å². The first-order valence-corrected chi connectivity index (χ1v) is 11.9. The van der Waals surface area contributed by atoms with Crippen molar-refractivity contribution in [1.82, 2.24) is 15.2 Å². The number of ether oxygens (including phenoxy) is 1. The van der Waals surface area contributed by atoms with Crippen molar-refractivity contribution in [1.29, 1.82) is 0 Å². The van der Waals surface area contributed by atoms with Crippen LogP contribution in [0.25, 0.3) is 11.1 Å². The average Bonchev–Trinajstić information content (AvgIpc) is 2.88. The number of morpholine rings is 1. The van der Waals surface area contributed by atoms with Gasteiger partial charge in [-0.15, -0.1) is 6.58 Å². The number of benzene rings is 1. The Balaban J connectivity index is 1.64. The number of nitrogens with one attached hydrogen (secondary N) is 1. The smallest absolute Gasteiger partial charge is 0.254 e. The van der Waals surface area contributed by atoms with Gasteiger partial charge in [0.1, 0.15) is 0 Å². The van der Waals surface area contributed by atoms with Crippen LogP contribution in [0.1, 0.15) is 37.7 Å². The van der Waals surface area contributed by atoms with Crippen LogP contribution in [0.4, 0.5) is 0 Å². The van der Waals surface area contributed by atoms with Gasteiger partial charge in [0, 0.05) is 43.4 Å². The molecule has 0 radical (unpaired) electrons. The van der Waals surface area contributed by atoms with Gasteiger partial charge in [-0.05, 0) is 30.0 Å². The molecule has 2 fully saturated rings. The van der Waals surface area contributed by atoms with E-state index in [1.54, 1.807) is 12.3 Å². The summed E-state index contributed by atoms with van der Waals surface area (Å²) < 4.78 is 6.23. The Hall–Kier alpha value is -2.99. The second kappa shape index (κ2) is 10.8. The molecule has 0 unspecified atom stereocenters. The monoisotopic (exact) mass is 447 g/mol. The van der Waals surface area contributed by atoms with Gasteiger partial charge in [0.05, 0.1) is 13.2 Å². The number of pyridine rings is 1. The van der Waals surface area contributed by atoms with Gasteiger partial charge in [0.15, 0.2) is 5.60 Å². The van der Waals surface area contributed by atoms with Crippen LogP contribution < -0.4 is 5.32 Å². The maximum absolute atomic E-state index is 13.4. The summed E-state index contributed by atoms with van der Waals surface area (Å²) in [5, 5.41) is 2.93. The van der Waals surface area contributed by atoms with E-state index in [9.17, 15) is 9.59 Å². The molecule has 1 saturated heterocycles.